The van der Waals surface area contributed by atoms with Crippen molar-refractivity contribution in [1.29, 1.82) is 5.41 Å². The fourth-order valence-corrected chi connectivity index (χ4v) is 4.27. The number of nitrogens with zero attached hydrogens (tertiary/aromatic N) is 3. The van der Waals surface area contributed by atoms with Crippen molar-refractivity contribution in [3.8, 4) is 22.9 Å². The first-order chi connectivity index (χ1) is 16.9. The van der Waals surface area contributed by atoms with Gasteiger partial charge in [-0.15, -0.1) is 5.10 Å². The van der Waals surface area contributed by atoms with Gasteiger partial charge in [-0.1, -0.05) is 24.4 Å². The topological polar surface area (TPSA) is 140 Å². The standard InChI is InChI=1S/C24H28ClN7O3/c1-32-24(29-18-9-8-17(27)16(12-26)22(18)25)30-23(31-32)14-7-10-19(20(11-14)34-2)35-13-21(33)28-15-5-3-4-6-15/h7-12,15,26H,3-6,13,27H2,1-2H3,(H,28,33)(H,29,30,31). The summed E-state index contributed by atoms with van der Waals surface area (Å²) in [4.78, 5) is 16.8. The smallest absolute Gasteiger partial charge is 0.258 e. The number of aryl methyl sites for hydroxylation is 1. The molecule has 0 bridgehead atoms. The first kappa shape index (κ1) is 24.3. The largest absolute Gasteiger partial charge is 0.493 e. The lowest BCUT2D eigenvalue weighted by atomic mass is 10.1. The number of hydrogen-bond donors (Lipinski definition) is 4. The Kier molecular flexibility index (Phi) is 7.40. The van der Waals surface area contributed by atoms with E-state index in [1.165, 1.54) is 7.11 Å². The van der Waals surface area contributed by atoms with Crippen molar-refractivity contribution in [2.45, 2.75) is 31.7 Å². The third-order valence-corrected chi connectivity index (χ3v) is 6.28. The van der Waals surface area contributed by atoms with E-state index in [1.807, 2.05) is 0 Å². The number of rotatable bonds is 9. The number of nitrogens with two attached hydrogens (primary N) is 1. The van der Waals surface area contributed by atoms with Crippen LogP contribution in [0.4, 0.5) is 17.3 Å². The van der Waals surface area contributed by atoms with Gasteiger partial charge in [-0.2, -0.15) is 4.98 Å². The van der Waals surface area contributed by atoms with E-state index in [1.54, 1.807) is 42.1 Å². The second-order valence-electron chi connectivity index (χ2n) is 8.29. The molecule has 2 aromatic carbocycles. The van der Waals surface area contributed by atoms with Crippen LogP contribution >= 0.6 is 11.6 Å². The molecule has 0 radical (unpaired) electrons. The van der Waals surface area contributed by atoms with Gasteiger partial charge in [0.15, 0.2) is 23.9 Å². The van der Waals surface area contributed by atoms with Crippen LogP contribution in [0.1, 0.15) is 31.2 Å². The molecule has 0 unspecified atom stereocenters. The first-order valence-corrected chi connectivity index (χ1v) is 11.6. The van der Waals surface area contributed by atoms with Crippen molar-refractivity contribution in [2.75, 3.05) is 24.8 Å². The lowest BCUT2D eigenvalue weighted by Crippen LogP contribution is -2.36. The molecule has 1 heterocycles. The fraction of sp³-hybridized carbons (Fsp3) is 0.333. The summed E-state index contributed by atoms with van der Waals surface area (Å²) in [5.74, 6) is 1.69. The number of nitrogens with one attached hydrogen (secondary N) is 3. The molecule has 184 valence electrons. The maximum atomic E-state index is 12.2. The number of carbonyl (C=O) groups excluding carboxylic acids is 1. The molecule has 5 N–H and O–H groups in total. The molecular weight excluding hydrogens is 470 g/mol. The Morgan fingerprint density at radius 1 is 1.29 bits per heavy atom. The Morgan fingerprint density at radius 3 is 2.77 bits per heavy atom. The number of methoxy groups -OCH3 is 1. The Labute approximate surface area is 208 Å². The molecule has 0 aliphatic heterocycles. The second kappa shape index (κ2) is 10.6. The van der Waals surface area contributed by atoms with Gasteiger partial charge in [0.1, 0.15) is 0 Å². The average molecular weight is 498 g/mol. The van der Waals surface area contributed by atoms with E-state index in [4.69, 9.17) is 32.2 Å². The minimum Gasteiger partial charge on any atom is -0.493 e. The summed E-state index contributed by atoms with van der Waals surface area (Å²) in [6.45, 7) is -0.0812. The van der Waals surface area contributed by atoms with E-state index in [0.717, 1.165) is 31.9 Å². The summed E-state index contributed by atoms with van der Waals surface area (Å²) >= 11 is 6.39. The van der Waals surface area contributed by atoms with Crippen molar-refractivity contribution in [2.24, 2.45) is 7.05 Å². The number of carbonyl (C=O) groups is 1. The highest BCUT2D eigenvalue weighted by Crippen LogP contribution is 2.34. The molecule has 4 rings (SSSR count). The van der Waals surface area contributed by atoms with Crippen molar-refractivity contribution < 1.29 is 14.3 Å². The van der Waals surface area contributed by atoms with Crippen molar-refractivity contribution >= 4 is 41.0 Å². The molecule has 1 aliphatic carbocycles. The molecular formula is C24H28ClN7O3. The van der Waals surface area contributed by atoms with Gasteiger partial charge in [0.05, 0.1) is 17.8 Å². The second-order valence-corrected chi connectivity index (χ2v) is 8.66. The normalized spacial score (nSPS) is 13.5. The summed E-state index contributed by atoms with van der Waals surface area (Å²) in [7, 11) is 3.28. The van der Waals surface area contributed by atoms with Gasteiger partial charge in [0.2, 0.25) is 5.95 Å². The molecule has 10 nitrogen and oxygen atoms in total. The highest BCUT2D eigenvalue weighted by molar-refractivity contribution is 6.36. The van der Waals surface area contributed by atoms with Crippen LogP contribution in [0.15, 0.2) is 30.3 Å². The van der Waals surface area contributed by atoms with E-state index in [-0.39, 0.29) is 18.6 Å². The Balaban J connectivity index is 1.48. The molecule has 35 heavy (non-hydrogen) atoms. The first-order valence-electron chi connectivity index (χ1n) is 11.3. The average Bonchev–Trinajstić information content (AvgIpc) is 3.49. The van der Waals surface area contributed by atoms with Crippen molar-refractivity contribution in [3.63, 3.8) is 0 Å². The molecule has 0 spiro atoms. The quantitative estimate of drug-likeness (QED) is 0.259. The number of nitrogen functional groups attached to an aromatic ring is 1. The summed E-state index contributed by atoms with van der Waals surface area (Å²) in [6, 6.07) is 8.92. The van der Waals surface area contributed by atoms with Crippen LogP contribution in [-0.2, 0) is 11.8 Å². The van der Waals surface area contributed by atoms with Gasteiger partial charge in [-0.3, -0.25) is 4.79 Å². The van der Waals surface area contributed by atoms with Crippen molar-refractivity contribution in [3.05, 3.63) is 40.9 Å². The van der Waals surface area contributed by atoms with Gasteiger partial charge >= 0.3 is 0 Å². The molecule has 1 amide bonds. The molecule has 1 saturated carbocycles. The fourth-order valence-electron chi connectivity index (χ4n) is 4.00. The van der Waals surface area contributed by atoms with E-state index < -0.39 is 0 Å². The SMILES string of the molecule is COc1cc(-c2nc(Nc3ccc(N)c(C=N)c3Cl)n(C)n2)ccc1OCC(=O)NC1CCCC1. The molecule has 0 atom stereocenters. The van der Waals surface area contributed by atoms with Crippen LogP contribution in [0.5, 0.6) is 11.5 Å². The minimum absolute atomic E-state index is 0.0812. The summed E-state index contributed by atoms with van der Waals surface area (Å²) in [5.41, 5.74) is 7.98. The number of aromatic nitrogens is 3. The van der Waals surface area contributed by atoms with Crippen LogP contribution in [-0.4, -0.2) is 46.6 Å². The highest BCUT2D eigenvalue weighted by atomic mass is 35.5. The molecule has 1 aliphatic rings. The number of benzene rings is 2. The highest BCUT2D eigenvalue weighted by Gasteiger charge is 2.19. The summed E-state index contributed by atoms with van der Waals surface area (Å²) in [5, 5.41) is 18.5. The third-order valence-electron chi connectivity index (χ3n) is 5.87. The number of amides is 1. The summed E-state index contributed by atoms with van der Waals surface area (Å²) in [6.07, 6.45) is 5.45. The van der Waals surface area contributed by atoms with E-state index in [2.05, 4.69) is 20.7 Å². The number of halogens is 1. The van der Waals surface area contributed by atoms with E-state index >= 15 is 0 Å². The third kappa shape index (κ3) is 5.48. The van der Waals surface area contributed by atoms with Crippen LogP contribution in [0, 0.1) is 5.41 Å². The van der Waals surface area contributed by atoms with E-state index in [0.29, 0.717) is 50.8 Å². The van der Waals surface area contributed by atoms with Gasteiger partial charge in [0, 0.05) is 36.1 Å². The monoisotopic (exact) mass is 497 g/mol. The molecule has 0 saturated heterocycles. The number of hydrogen-bond acceptors (Lipinski definition) is 8. The summed E-state index contributed by atoms with van der Waals surface area (Å²) < 4.78 is 12.8. The number of ether oxygens (including phenoxy) is 2. The van der Waals surface area contributed by atoms with Crippen LogP contribution in [0.25, 0.3) is 11.4 Å². The van der Waals surface area contributed by atoms with Gasteiger partial charge in [0.25, 0.3) is 5.91 Å². The van der Waals surface area contributed by atoms with E-state index in [9.17, 15) is 4.79 Å². The minimum atomic E-state index is -0.141. The van der Waals surface area contributed by atoms with Gasteiger partial charge in [-0.05, 0) is 43.2 Å². The zero-order valence-corrected chi connectivity index (χ0v) is 20.4. The maximum Gasteiger partial charge on any atom is 0.258 e. The lowest BCUT2D eigenvalue weighted by Gasteiger charge is -2.14. The van der Waals surface area contributed by atoms with Crippen LogP contribution < -0.4 is 25.8 Å². The Morgan fingerprint density at radius 2 is 2.06 bits per heavy atom. The Bertz CT molecular complexity index is 1240. The van der Waals surface area contributed by atoms with Gasteiger partial charge < -0.3 is 31.3 Å². The van der Waals surface area contributed by atoms with Crippen LogP contribution in [0.2, 0.25) is 5.02 Å². The zero-order valence-electron chi connectivity index (χ0n) is 19.6. The zero-order chi connectivity index (χ0) is 24.9. The lowest BCUT2D eigenvalue weighted by molar-refractivity contribution is -0.123. The molecule has 1 fully saturated rings. The van der Waals surface area contributed by atoms with Crippen molar-refractivity contribution in [1.82, 2.24) is 20.1 Å². The Hall–Kier alpha value is -3.79. The predicted molar refractivity (Wildman–Crippen MR) is 136 cm³/mol. The van der Waals surface area contributed by atoms with Crippen LogP contribution in [0.3, 0.4) is 0 Å². The maximum absolute atomic E-state index is 12.2. The van der Waals surface area contributed by atoms with Gasteiger partial charge in [-0.25, -0.2) is 4.68 Å². The predicted octanol–water partition coefficient (Wildman–Crippen LogP) is 3.91. The molecule has 3 aromatic rings. The molecule has 11 heteroatoms. The number of anilines is 3. The molecule has 1 aromatic heterocycles.